The summed E-state index contributed by atoms with van der Waals surface area (Å²) in [6.07, 6.45) is 3.07. The lowest BCUT2D eigenvalue weighted by Gasteiger charge is -2.38. The lowest BCUT2D eigenvalue weighted by Crippen LogP contribution is -2.55. The zero-order chi connectivity index (χ0) is 12.4. The van der Waals surface area contributed by atoms with E-state index in [1.54, 1.807) is 6.20 Å². The molecule has 1 aromatic heterocycles. The predicted molar refractivity (Wildman–Crippen MR) is 64.8 cm³/mol. The highest BCUT2D eigenvalue weighted by Crippen LogP contribution is 2.19. The van der Waals surface area contributed by atoms with Gasteiger partial charge in [-0.25, -0.2) is 9.97 Å². The zero-order valence-corrected chi connectivity index (χ0v) is 10.1. The molecule has 0 bridgehead atoms. The SMILES string of the molecule is CC1CN(c2nccnc2C(N)=O)C(C)CN1. The van der Waals surface area contributed by atoms with Crippen LogP contribution in [0.2, 0.25) is 0 Å². The lowest BCUT2D eigenvalue weighted by molar-refractivity contribution is 0.0995. The number of hydrogen-bond donors (Lipinski definition) is 2. The normalized spacial score (nSPS) is 24.7. The van der Waals surface area contributed by atoms with Crippen molar-refractivity contribution in [3.63, 3.8) is 0 Å². The Kier molecular flexibility index (Phi) is 3.23. The van der Waals surface area contributed by atoms with Crippen molar-refractivity contribution in [2.24, 2.45) is 5.73 Å². The molecule has 6 nitrogen and oxygen atoms in total. The average molecular weight is 235 g/mol. The standard InChI is InChI=1S/C11H17N5O/c1-7-6-16(8(2)5-15-7)11-9(10(12)17)13-3-4-14-11/h3-4,7-8,15H,5-6H2,1-2H3,(H2,12,17). The van der Waals surface area contributed by atoms with Gasteiger partial charge in [-0.15, -0.1) is 0 Å². The highest BCUT2D eigenvalue weighted by molar-refractivity contribution is 5.95. The Balaban J connectivity index is 2.35. The first-order chi connectivity index (χ1) is 8.09. The molecule has 2 heterocycles. The topological polar surface area (TPSA) is 84.1 Å². The monoisotopic (exact) mass is 235 g/mol. The summed E-state index contributed by atoms with van der Waals surface area (Å²) >= 11 is 0. The van der Waals surface area contributed by atoms with Gasteiger partial charge in [0.05, 0.1) is 0 Å². The zero-order valence-electron chi connectivity index (χ0n) is 10.1. The molecule has 0 spiro atoms. The number of nitrogens with one attached hydrogen (secondary N) is 1. The van der Waals surface area contributed by atoms with Gasteiger partial charge in [-0.05, 0) is 13.8 Å². The number of hydrogen-bond acceptors (Lipinski definition) is 5. The first-order valence-electron chi connectivity index (χ1n) is 5.70. The van der Waals surface area contributed by atoms with Crippen molar-refractivity contribution in [1.82, 2.24) is 15.3 Å². The summed E-state index contributed by atoms with van der Waals surface area (Å²) in [5.74, 6) is 0.0485. The number of carbonyl (C=O) groups excluding carboxylic acids is 1. The first-order valence-corrected chi connectivity index (χ1v) is 5.70. The second kappa shape index (κ2) is 4.67. The Hall–Kier alpha value is -1.69. The van der Waals surface area contributed by atoms with Crippen LogP contribution in [0.4, 0.5) is 5.82 Å². The van der Waals surface area contributed by atoms with Gasteiger partial charge < -0.3 is 16.0 Å². The average Bonchev–Trinajstić information content (AvgIpc) is 2.32. The van der Waals surface area contributed by atoms with Crippen molar-refractivity contribution in [3.8, 4) is 0 Å². The molecule has 1 saturated heterocycles. The number of aromatic nitrogens is 2. The fraction of sp³-hybridized carbons (Fsp3) is 0.545. The van der Waals surface area contributed by atoms with Gasteiger partial charge in [0.25, 0.3) is 5.91 Å². The highest BCUT2D eigenvalue weighted by atomic mass is 16.1. The largest absolute Gasteiger partial charge is 0.364 e. The Morgan fingerprint density at radius 3 is 2.88 bits per heavy atom. The van der Waals surface area contributed by atoms with E-state index in [0.717, 1.165) is 13.1 Å². The van der Waals surface area contributed by atoms with E-state index < -0.39 is 5.91 Å². The fourth-order valence-electron chi connectivity index (χ4n) is 2.03. The molecule has 1 aliphatic rings. The number of piperazine rings is 1. The number of carbonyl (C=O) groups is 1. The van der Waals surface area contributed by atoms with Crippen LogP contribution in [0.3, 0.4) is 0 Å². The molecular formula is C11H17N5O. The Morgan fingerprint density at radius 2 is 2.18 bits per heavy atom. The highest BCUT2D eigenvalue weighted by Gasteiger charge is 2.26. The van der Waals surface area contributed by atoms with Crippen LogP contribution in [0, 0.1) is 0 Å². The van der Waals surface area contributed by atoms with Crippen molar-refractivity contribution >= 4 is 11.7 Å². The lowest BCUT2D eigenvalue weighted by atomic mass is 10.1. The minimum Gasteiger partial charge on any atom is -0.364 e. The van der Waals surface area contributed by atoms with Crippen molar-refractivity contribution in [3.05, 3.63) is 18.1 Å². The third-order valence-electron chi connectivity index (χ3n) is 2.95. The number of amides is 1. The van der Waals surface area contributed by atoms with Crippen LogP contribution in [0.15, 0.2) is 12.4 Å². The van der Waals surface area contributed by atoms with E-state index in [-0.39, 0.29) is 11.7 Å². The minimum absolute atomic E-state index is 0.244. The molecule has 17 heavy (non-hydrogen) atoms. The molecular weight excluding hydrogens is 218 g/mol. The van der Waals surface area contributed by atoms with Crippen LogP contribution in [0.5, 0.6) is 0 Å². The minimum atomic E-state index is -0.536. The third kappa shape index (κ3) is 2.36. The molecule has 2 unspecified atom stereocenters. The van der Waals surface area contributed by atoms with Gasteiger partial charge in [0.15, 0.2) is 11.5 Å². The van der Waals surface area contributed by atoms with Gasteiger partial charge in [-0.2, -0.15) is 0 Å². The molecule has 0 aliphatic carbocycles. The third-order valence-corrected chi connectivity index (χ3v) is 2.95. The first kappa shape index (κ1) is 11.8. The van der Waals surface area contributed by atoms with Gasteiger partial charge >= 0.3 is 0 Å². The smallest absolute Gasteiger partial charge is 0.271 e. The molecule has 1 aliphatic heterocycles. The molecule has 0 radical (unpaired) electrons. The van der Waals surface area contributed by atoms with Gasteiger partial charge in [0, 0.05) is 37.6 Å². The molecule has 1 fully saturated rings. The molecule has 3 N–H and O–H groups in total. The van der Waals surface area contributed by atoms with Gasteiger partial charge in [-0.3, -0.25) is 4.79 Å². The van der Waals surface area contributed by atoms with Crippen LogP contribution in [0.1, 0.15) is 24.3 Å². The summed E-state index contributed by atoms with van der Waals surface area (Å²) in [6.45, 7) is 5.83. The van der Waals surface area contributed by atoms with Gasteiger partial charge in [0.2, 0.25) is 0 Å². The molecule has 0 aromatic carbocycles. The molecule has 92 valence electrons. The van der Waals surface area contributed by atoms with E-state index in [2.05, 4.69) is 34.0 Å². The summed E-state index contributed by atoms with van der Waals surface area (Å²) in [5, 5.41) is 3.37. The molecule has 6 heteroatoms. The predicted octanol–water partition coefficient (Wildman–Crippen LogP) is -0.238. The number of anilines is 1. The maximum absolute atomic E-state index is 11.3. The fourth-order valence-corrected chi connectivity index (χ4v) is 2.03. The molecule has 0 saturated carbocycles. The van der Waals surface area contributed by atoms with E-state index in [9.17, 15) is 4.79 Å². The number of nitrogens with zero attached hydrogens (tertiary/aromatic N) is 3. The molecule has 2 atom stereocenters. The second-order valence-corrected chi connectivity index (χ2v) is 4.40. The van der Waals surface area contributed by atoms with E-state index in [0.29, 0.717) is 11.9 Å². The van der Waals surface area contributed by atoms with Crippen LogP contribution >= 0.6 is 0 Å². The number of primary amides is 1. The number of rotatable bonds is 2. The van der Waals surface area contributed by atoms with Crippen molar-refractivity contribution in [2.45, 2.75) is 25.9 Å². The quantitative estimate of drug-likeness (QED) is 0.739. The van der Waals surface area contributed by atoms with E-state index in [1.807, 2.05) is 0 Å². The number of nitrogens with two attached hydrogens (primary N) is 1. The molecule has 1 amide bonds. The molecule has 1 aromatic rings. The second-order valence-electron chi connectivity index (χ2n) is 4.40. The summed E-state index contributed by atoms with van der Waals surface area (Å²) in [4.78, 5) is 21.7. The maximum atomic E-state index is 11.3. The van der Waals surface area contributed by atoms with Crippen LogP contribution in [0.25, 0.3) is 0 Å². The summed E-state index contributed by atoms with van der Waals surface area (Å²) in [7, 11) is 0. The van der Waals surface area contributed by atoms with Crippen molar-refractivity contribution in [2.75, 3.05) is 18.0 Å². The van der Waals surface area contributed by atoms with Crippen LogP contribution in [-0.2, 0) is 0 Å². The van der Waals surface area contributed by atoms with Gasteiger partial charge in [0.1, 0.15) is 0 Å². The summed E-state index contributed by atoms with van der Waals surface area (Å²) in [5.41, 5.74) is 5.56. The van der Waals surface area contributed by atoms with Gasteiger partial charge in [-0.1, -0.05) is 0 Å². The molecule has 2 rings (SSSR count). The summed E-state index contributed by atoms with van der Waals surface area (Å²) in [6, 6.07) is 0.620. The van der Waals surface area contributed by atoms with E-state index in [1.165, 1.54) is 6.20 Å². The van der Waals surface area contributed by atoms with Crippen LogP contribution in [-0.4, -0.2) is 41.0 Å². The summed E-state index contributed by atoms with van der Waals surface area (Å²) < 4.78 is 0. The van der Waals surface area contributed by atoms with Crippen molar-refractivity contribution in [1.29, 1.82) is 0 Å². The Labute approximate surface area is 100 Å². The van der Waals surface area contributed by atoms with E-state index in [4.69, 9.17) is 5.73 Å². The Morgan fingerprint density at radius 1 is 1.47 bits per heavy atom. The van der Waals surface area contributed by atoms with Crippen molar-refractivity contribution < 1.29 is 4.79 Å². The Bertz CT molecular complexity index is 422. The van der Waals surface area contributed by atoms with Crippen LogP contribution < -0.4 is 16.0 Å². The maximum Gasteiger partial charge on any atom is 0.271 e. The van der Waals surface area contributed by atoms with E-state index >= 15 is 0 Å².